The number of aromatic nitrogens is 4. The lowest BCUT2D eigenvalue weighted by atomic mass is 9.97. The normalized spacial score (nSPS) is 13.7. The van der Waals surface area contributed by atoms with E-state index in [1.807, 2.05) is 0 Å². The van der Waals surface area contributed by atoms with Gasteiger partial charge in [-0.3, -0.25) is 9.59 Å². The molecule has 0 aromatic carbocycles. The second kappa shape index (κ2) is 13.8. The highest BCUT2D eigenvalue weighted by atomic mass is 35.5. The molecule has 0 aliphatic carbocycles. The monoisotopic (exact) mass is 464 g/mol. The molecule has 29 heavy (non-hydrogen) atoms. The zero-order valence-corrected chi connectivity index (χ0v) is 16.6. The van der Waals surface area contributed by atoms with Crippen LogP contribution in [0.3, 0.4) is 0 Å². The molecule has 0 saturated heterocycles. The molecule has 0 radical (unpaired) electrons. The van der Waals surface area contributed by atoms with E-state index in [9.17, 15) is 18.4 Å². The van der Waals surface area contributed by atoms with Crippen LogP contribution in [-0.4, -0.2) is 72.0 Å². The number of nitrogens with two attached hydrogens (primary N) is 2. The van der Waals surface area contributed by atoms with E-state index in [2.05, 4.69) is 19.9 Å². The molecular weight excluding hydrogens is 441 g/mol. The van der Waals surface area contributed by atoms with Gasteiger partial charge in [0.2, 0.25) is 0 Å². The van der Waals surface area contributed by atoms with Gasteiger partial charge >= 0.3 is 11.9 Å². The highest BCUT2D eigenvalue weighted by Gasteiger charge is 2.35. The minimum absolute atomic E-state index is 0. The van der Waals surface area contributed by atoms with Crippen molar-refractivity contribution in [3.8, 4) is 0 Å². The summed E-state index contributed by atoms with van der Waals surface area (Å²) >= 11 is 0. The fraction of sp³-hybridized carbons (Fsp3) is 0.429. The summed E-state index contributed by atoms with van der Waals surface area (Å²) in [5.74, 6) is -2.71. The van der Waals surface area contributed by atoms with Crippen LogP contribution in [0.2, 0.25) is 0 Å². The molecule has 0 spiro atoms. The summed E-state index contributed by atoms with van der Waals surface area (Å²) in [4.78, 5) is 33.8. The predicted octanol–water partition coefficient (Wildman–Crippen LogP) is -0.573. The average Bonchev–Trinajstić information content (AvgIpc) is 3.28. The van der Waals surface area contributed by atoms with E-state index in [0.717, 1.165) is 0 Å². The number of aliphatic carboxylic acids is 2. The van der Waals surface area contributed by atoms with Crippen molar-refractivity contribution in [3.05, 3.63) is 36.4 Å². The van der Waals surface area contributed by atoms with Gasteiger partial charge in [-0.05, 0) is 0 Å². The molecule has 0 bridgehead atoms. The number of nitrogens with zero attached hydrogens (tertiary/aromatic N) is 2. The second-order valence-corrected chi connectivity index (χ2v) is 5.70. The largest absolute Gasteiger partial charge is 0.480 e. The molecule has 2 heterocycles. The van der Waals surface area contributed by atoms with Crippen molar-refractivity contribution in [2.45, 2.75) is 23.9 Å². The molecule has 2 rings (SSSR count). The fourth-order valence-electron chi connectivity index (χ4n) is 1.80. The molecule has 0 aliphatic rings. The van der Waals surface area contributed by atoms with Crippen molar-refractivity contribution in [1.29, 1.82) is 0 Å². The molecule has 10 N–H and O–H groups in total. The van der Waals surface area contributed by atoms with Crippen LogP contribution >= 0.6 is 24.8 Å². The van der Waals surface area contributed by atoms with Gasteiger partial charge in [-0.2, -0.15) is 0 Å². The van der Waals surface area contributed by atoms with Gasteiger partial charge in [0.1, 0.15) is 24.4 Å². The smallest absolute Gasteiger partial charge is 0.326 e. The van der Waals surface area contributed by atoms with Crippen LogP contribution in [0.4, 0.5) is 8.78 Å². The summed E-state index contributed by atoms with van der Waals surface area (Å²) in [6, 6.07) is 0. The van der Waals surface area contributed by atoms with Crippen LogP contribution in [0.1, 0.15) is 11.4 Å². The summed E-state index contributed by atoms with van der Waals surface area (Å²) in [5.41, 5.74) is 7.91. The van der Waals surface area contributed by atoms with Gasteiger partial charge in [0, 0.05) is 36.6 Å². The quantitative estimate of drug-likeness (QED) is 0.296. The van der Waals surface area contributed by atoms with E-state index >= 15 is 0 Å². The van der Waals surface area contributed by atoms with Gasteiger partial charge in [-0.25, -0.2) is 18.7 Å². The number of imidazole rings is 2. The summed E-state index contributed by atoms with van der Waals surface area (Å²) in [5, 5.41) is 17.3. The standard InChI is InChI=1S/2C7H10FN3O2.2ClH.H2O/c2*8-3-7(9,6(12)13)1-5-2-10-4-11-5;;;/h2*2,4H,1,3,9H2,(H,10,11)(H,12,13);2*1H;1H2. The van der Waals surface area contributed by atoms with Crippen LogP contribution in [0, 0.1) is 0 Å². The van der Waals surface area contributed by atoms with Crippen molar-refractivity contribution in [2.24, 2.45) is 11.5 Å². The van der Waals surface area contributed by atoms with Crippen molar-refractivity contribution in [3.63, 3.8) is 0 Å². The van der Waals surface area contributed by atoms with Crippen molar-refractivity contribution < 1.29 is 34.1 Å². The zero-order valence-electron chi connectivity index (χ0n) is 15.0. The number of aromatic amines is 2. The lowest BCUT2D eigenvalue weighted by Crippen LogP contribution is -2.52. The average molecular weight is 465 g/mol. The number of hydrogen-bond acceptors (Lipinski definition) is 6. The van der Waals surface area contributed by atoms with E-state index in [1.54, 1.807) is 0 Å². The van der Waals surface area contributed by atoms with Gasteiger partial charge in [0.25, 0.3) is 0 Å². The minimum atomic E-state index is -1.85. The zero-order chi connectivity index (χ0) is 19.8. The number of rotatable bonds is 8. The number of carbonyl (C=O) groups is 2. The van der Waals surface area contributed by atoms with E-state index < -0.39 is 36.4 Å². The first-order valence-electron chi connectivity index (χ1n) is 7.28. The summed E-state index contributed by atoms with van der Waals surface area (Å²) in [6.07, 6.45) is 5.41. The van der Waals surface area contributed by atoms with E-state index in [0.29, 0.717) is 11.4 Å². The van der Waals surface area contributed by atoms with Crippen LogP contribution in [-0.2, 0) is 22.4 Å². The van der Waals surface area contributed by atoms with Crippen LogP contribution in [0.25, 0.3) is 0 Å². The van der Waals surface area contributed by atoms with Gasteiger partial charge in [-0.15, -0.1) is 24.8 Å². The maximum Gasteiger partial charge on any atom is 0.326 e. The Kier molecular flexibility index (Phi) is 14.9. The first-order valence-corrected chi connectivity index (χ1v) is 7.28. The third-order valence-corrected chi connectivity index (χ3v) is 3.45. The Morgan fingerprint density at radius 1 is 0.897 bits per heavy atom. The van der Waals surface area contributed by atoms with Gasteiger partial charge in [0.05, 0.1) is 12.7 Å². The van der Waals surface area contributed by atoms with E-state index in [4.69, 9.17) is 21.7 Å². The Bertz CT molecular complexity index is 649. The molecule has 15 heteroatoms. The highest BCUT2D eigenvalue weighted by Crippen LogP contribution is 2.10. The third kappa shape index (κ3) is 9.15. The van der Waals surface area contributed by atoms with Crippen molar-refractivity contribution in [2.75, 3.05) is 13.3 Å². The summed E-state index contributed by atoms with van der Waals surface area (Å²) in [6.45, 7) is -2.22. The maximum atomic E-state index is 12.3. The molecule has 0 saturated carbocycles. The summed E-state index contributed by atoms with van der Waals surface area (Å²) < 4.78 is 24.7. The van der Waals surface area contributed by atoms with E-state index in [-0.39, 0.29) is 43.1 Å². The third-order valence-electron chi connectivity index (χ3n) is 3.45. The Morgan fingerprint density at radius 2 is 1.21 bits per heavy atom. The van der Waals surface area contributed by atoms with Crippen molar-refractivity contribution in [1.82, 2.24) is 19.9 Å². The Labute approximate surface area is 176 Å². The fourth-order valence-corrected chi connectivity index (χ4v) is 1.80. The maximum absolute atomic E-state index is 12.3. The van der Waals surface area contributed by atoms with Crippen LogP contribution in [0.15, 0.2) is 25.0 Å². The number of carboxylic acid groups (broad SMARTS) is 2. The second-order valence-electron chi connectivity index (χ2n) is 5.70. The molecule has 0 aliphatic heterocycles. The lowest BCUT2D eigenvalue weighted by Gasteiger charge is -2.19. The Balaban J connectivity index is -0.000000422. The Morgan fingerprint density at radius 3 is 1.38 bits per heavy atom. The van der Waals surface area contributed by atoms with Gasteiger partial charge in [0.15, 0.2) is 0 Å². The van der Waals surface area contributed by atoms with Gasteiger partial charge < -0.3 is 37.1 Å². The number of carboxylic acids is 2. The molecular formula is C14H24Cl2F2N6O5. The van der Waals surface area contributed by atoms with E-state index in [1.165, 1.54) is 25.0 Å². The number of hydrogen-bond donors (Lipinski definition) is 6. The first kappa shape index (κ1) is 31.4. The van der Waals surface area contributed by atoms with Gasteiger partial charge in [-0.1, -0.05) is 0 Å². The first-order chi connectivity index (χ1) is 12.2. The van der Waals surface area contributed by atoms with Crippen LogP contribution < -0.4 is 11.5 Å². The lowest BCUT2D eigenvalue weighted by molar-refractivity contribution is -0.144. The molecule has 0 fully saturated rings. The summed E-state index contributed by atoms with van der Waals surface area (Å²) in [7, 11) is 0. The molecule has 2 atom stereocenters. The number of H-pyrrole nitrogens is 2. The number of nitrogens with one attached hydrogen (secondary N) is 2. The number of halogens is 4. The molecule has 168 valence electrons. The predicted molar refractivity (Wildman–Crippen MR) is 104 cm³/mol. The van der Waals surface area contributed by atoms with Crippen LogP contribution in [0.5, 0.6) is 0 Å². The number of alkyl halides is 2. The molecule has 2 aromatic heterocycles. The SMILES string of the molecule is Cl.Cl.NC(CF)(Cc1cnc[nH]1)C(=O)O.NC(CF)(Cc1cnc[nH]1)C(=O)O.O. The minimum Gasteiger partial charge on any atom is -0.480 e. The topological polar surface area (TPSA) is 215 Å². The highest BCUT2D eigenvalue weighted by molar-refractivity contribution is 5.85. The molecule has 2 unspecified atom stereocenters. The molecule has 2 aromatic rings. The molecule has 11 nitrogen and oxygen atoms in total. The molecule has 0 amide bonds. The Hall–Kier alpha value is -2.32. The van der Waals surface area contributed by atoms with Crippen molar-refractivity contribution >= 4 is 36.8 Å².